The molecule has 156 valence electrons. The minimum Gasteiger partial charge on any atom is -0.488 e. The van der Waals surface area contributed by atoms with Gasteiger partial charge in [-0.25, -0.2) is 4.68 Å². The fraction of sp³-hybridized carbons (Fsp3) is 0.348. The number of carbonyl (C=O) groups is 1. The van der Waals surface area contributed by atoms with E-state index in [4.69, 9.17) is 9.47 Å². The molecule has 0 bridgehead atoms. The summed E-state index contributed by atoms with van der Waals surface area (Å²) in [6.07, 6.45) is 0.853. The summed E-state index contributed by atoms with van der Waals surface area (Å²) in [5, 5.41) is 11.0. The lowest BCUT2D eigenvalue weighted by Crippen LogP contribution is -2.29. The van der Waals surface area contributed by atoms with Gasteiger partial charge in [0.05, 0.1) is 17.9 Å². The van der Waals surface area contributed by atoms with Crippen LogP contribution in [-0.4, -0.2) is 39.7 Å². The highest BCUT2D eigenvalue weighted by Gasteiger charge is 2.32. The average molecular weight is 406 g/mol. The molecule has 0 radical (unpaired) electrons. The molecule has 0 saturated carbocycles. The molecule has 0 unspecified atom stereocenters. The van der Waals surface area contributed by atoms with Crippen molar-refractivity contribution in [3.63, 3.8) is 0 Å². The SMILES string of the molecule is Cc1cccc(-n2nnc(C(=O)NCCOc3cccc4c3OC(C)(C)C4)c2C)c1. The van der Waals surface area contributed by atoms with Crippen molar-refractivity contribution in [1.29, 1.82) is 0 Å². The second kappa shape index (κ2) is 7.82. The lowest BCUT2D eigenvalue weighted by atomic mass is 10.0. The van der Waals surface area contributed by atoms with Crippen LogP contribution in [0.4, 0.5) is 0 Å². The second-order valence-electron chi connectivity index (χ2n) is 8.16. The van der Waals surface area contributed by atoms with E-state index in [2.05, 4.69) is 35.5 Å². The Balaban J connectivity index is 1.35. The van der Waals surface area contributed by atoms with E-state index in [0.717, 1.165) is 29.0 Å². The van der Waals surface area contributed by atoms with Crippen molar-refractivity contribution in [2.45, 2.75) is 39.7 Å². The van der Waals surface area contributed by atoms with Crippen molar-refractivity contribution in [2.24, 2.45) is 0 Å². The third kappa shape index (κ3) is 4.01. The molecule has 4 rings (SSSR count). The summed E-state index contributed by atoms with van der Waals surface area (Å²) in [4.78, 5) is 12.6. The van der Waals surface area contributed by atoms with Crippen molar-refractivity contribution in [3.8, 4) is 17.2 Å². The molecule has 1 N–H and O–H groups in total. The number of amides is 1. The molecule has 1 aliphatic heterocycles. The smallest absolute Gasteiger partial charge is 0.273 e. The first-order valence-electron chi connectivity index (χ1n) is 10.1. The predicted octanol–water partition coefficient (Wildman–Crippen LogP) is 3.41. The highest BCUT2D eigenvalue weighted by molar-refractivity contribution is 5.93. The van der Waals surface area contributed by atoms with Crippen molar-refractivity contribution in [2.75, 3.05) is 13.2 Å². The maximum Gasteiger partial charge on any atom is 0.273 e. The Morgan fingerprint density at radius 3 is 2.83 bits per heavy atom. The van der Waals surface area contributed by atoms with Crippen LogP contribution in [0.3, 0.4) is 0 Å². The quantitative estimate of drug-likeness (QED) is 0.635. The Morgan fingerprint density at radius 1 is 1.23 bits per heavy atom. The summed E-state index contributed by atoms with van der Waals surface area (Å²) in [5.41, 5.74) is 3.91. The Bertz CT molecular complexity index is 1090. The summed E-state index contributed by atoms with van der Waals surface area (Å²) < 4.78 is 13.5. The molecule has 2 heterocycles. The Hall–Kier alpha value is -3.35. The first kappa shape index (κ1) is 19.9. The zero-order valence-electron chi connectivity index (χ0n) is 17.7. The van der Waals surface area contributed by atoms with Crippen LogP contribution in [-0.2, 0) is 6.42 Å². The molecule has 0 atom stereocenters. The van der Waals surface area contributed by atoms with Gasteiger partial charge in [-0.15, -0.1) is 5.10 Å². The van der Waals surface area contributed by atoms with Gasteiger partial charge in [0.2, 0.25) is 0 Å². The van der Waals surface area contributed by atoms with Crippen molar-refractivity contribution in [1.82, 2.24) is 20.3 Å². The highest BCUT2D eigenvalue weighted by Crippen LogP contribution is 2.41. The topological polar surface area (TPSA) is 78.3 Å². The summed E-state index contributed by atoms with van der Waals surface area (Å²) in [6, 6.07) is 13.8. The van der Waals surface area contributed by atoms with Crippen LogP contribution in [0, 0.1) is 13.8 Å². The molecule has 0 saturated heterocycles. The molecule has 0 aliphatic carbocycles. The minimum atomic E-state index is -0.273. The molecule has 0 spiro atoms. The van der Waals surface area contributed by atoms with Crippen LogP contribution >= 0.6 is 0 Å². The Labute approximate surface area is 176 Å². The van der Waals surface area contributed by atoms with Gasteiger partial charge in [0.25, 0.3) is 5.91 Å². The highest BCUT2D eigenvalue weighted by atomic mass is 16.5. The fourth-order valence-corrected chi connectivity index (χ4v) is 3.65. The molecule has 30 heavy (non-hydrogen) atoms. The van der Waals surface area contributed by atoms with Gasteiger partial charge in [-0.05, 0) is 51.5 Å². The van der Waals surface area contributed by atoms with Gasteiger partial charge in [0.15, 0.2) is 17.2 Å². The maximum atomic E-state index is 12.6. The maximum absolute atomic E-state index is 12.6. The second-order valence-corrected chi connectivity index (χ2v) is 8.16. The lowest BCUT2D eigenvalue weighted by molar-refractivity contribution is 0.0940. The van der Waals surface area contributed by atoms with Crippen LogP contribution < -0.4 is 14.8 Å². The van der Waals surface area contributed by atoms with E-state index in [-0.39, 0.29) is 11.5 Å². The van der Waals surface area contributed by atoms with Crippen LogP contribution in [0.25, 0.3) is 5.69 Å². The number of hydrogen-bond donors (Lipinski definition) is 1. The number of para-hydroxylation sites is 1. The lowest BCUT2D eigenvalue weighted by Gasteiger charge is -2.18. The molecule has 1 aromatic heterocycles. The standard InChI is InChI=1S/C23H26N4O3/c1-15-7-5-9-18(13-15)27-16(2)20(25-26-27)22(28)24-11-12-29-19-10-6-8-17-14-23(3,4)30-21(17)19/h5-10,13H,11-12,14H2,1-4H3,(H,24,28). The number of nitrogens with one attached hydrogen (secondary N) is 1. The van der Waals surface area contributed by atoms with E-state index in [1.54, 1.807) is 4.68 Å². The molecule has 1 amide bonds. The van der Waals surface area contributed by atoms with E-state index in [9.17, 15) is 4.79 Å². The van der Waals surface area contributed by atoms with Gasteiger partial charge in [-0.2, -0.15) is 0 Å². The predicted molar refractivity (Wildman–Crippen MR) is 114 cm³/mol. The molecule has 0 fully saturated rings. The summed E-state index contributed by atoms with van der Waals surface area (Å²) in [5.74, 6) is 1.23. The molecular weight excluding hydrogens is 380 g/mol. The van der Waals surface area contributed by atoms with Crippen LogP contribution in [0.5, 0.6) is 11.5 Å². The van der Waals surface area contributed by atoms with Crippen molar-refractivity contribution >= 4 is 5.91 Å². The molecule has 3 aromatic rings. The van der Waals surface area contributed by atoms with Gasteiger partial charge in [0.1, 0.15) is 12.2 Å². The molecule has 7 heteroatoms. The Kier molecular flexibility index (Phi) is 5.20. The molecule has 7 nitrogen and oxygen atoms in total. The van der Waals surface area contributed by atoms with E-state index >= 15 is 0 Å². The van der Waals surface area contributed by atoms with Crippen LogP contribution in [0.2, 0.25) is 0 Å². The van der Waals surface area contributed by atoms with Gasteiger partial charge >= 0.3 is 0 Å². The normalized spacial score (nSPS) is 14.1. The van der Waals surface area contributed by atoms with Gasteiger partial charge in [-0.3, -0.25) is 4.79 Å². The van der Waals surface area contributed by atoms with Gasteiger partial charge < -0.3 is 14.8 Å². The number of ether oxygens (including phenoxy) is 2. The number of aryl methyl sites for hydroxylation is 1. The van der Waals surface area contributed by atoms with Crippen LogP contribution in [0.1, 0.15) is 41.2 Å². The zero-order chi connectivity index (χ0) is 21.3. The average Bonchev–Trinajstić information content (AvgIpc) is 3.23. The van der Waals surface area contributed by atoms with Gasteiger partial charge in [0, 0.05) is 12.0 Å². The third-order valence-corrected chi connectivity index (χ3v) is 5.06. The third-order valence-electron chi connectivity index (χ3n) is 5.06. The van der Waals surface area contributed by atoms with E-state index in [0.29, 0.717) is 30.3 Å². The van der Waals surface area contributed by atoms with E-state index in [1.807, 2.05) is 50.2 Å². The largest absolute Gasteiger partial charge is 0.488 e. The monoisotopic (exact) mass is 406 g/mol. The first-order valence-corrected chi connectivity index (χ1v) is 10.1. The number of hydrogen-bond acceptors (Lipinski definition) is 5. The van der Waals surface area contributed by atoms with E-state index < -0.39 is 0 Å². The zero-order valence-corrected chi connectivity index (χ0v) is 17.7. The molecule has 2 aromatic carbocycles. The summed E-state index contributed by atoms with van der Waals surface area (Å²) in [7, 11) is 0. The number of carbonyl (C=O) groups excluding carboxylic acids is 1. The number of nitrogens with zero attached hydrogens (tertiary/aromatic N) is 3. The van der Waals surface area contributed by atoms with Crippen LogP contribution in [0.15, 0.2) is 42.5 Å². The molecule has 1 aliphatic rings. The number of benzene rings is 2. The first-order chi connectivity index (χ1) is 14.3. The minimum absolute atomic E-state index is 0.226. The van der Waals surface area contributed by atoms with Crippen molar-refractivity contribution < 1.29 is 14.3 Å². The number of aromatic nitrogens is 3. The van der Waals surface area contributed by atoms with Crippen molar-refractivity contribution in [3.05, 3.63) is 65.0 Å². The Morgan fingerprint density at radius 2 is 2.03 bits per heavy atom. The molecular formula is C23H26N4O3. The van der Waals surface area contributed by atoms with Gasteiger partial charge in [-0.1, -0.05) is 29.5 Å². The summed E-state index contributed by atoms with van der Waals surface area (Å²) >= 11 is 0. The number of rotatable bonds is 6. The number of fused-ring (bicyclic) bond motifs is 1. The summed E-state index contributed by atoms with van der Waals surface area (Å²) in [6.45, 7) is 8.64. The van der Waals surface area contributed by atoms with E-state index in [1.165, 1.54) is 0 Å². The fourth-order valence-electron chi connectivity index (χ4n) is 3.65.